The molecule has 1 aromatic rings. The Morgan fingerprint density at radius 3 is 2.15 bits per heavy atom. The highest BCUT2D eigenvalue weighted by Crippen LogP contribution is 2.33. The first kappa shape index (κ1) is 17.8. The van der Waals surface area contributed by atoms with Crippen LogP contribution in [0.25, 0.3) is 0 Å². The monoisotopic (exact) mass is 315 g/mol. The van der Waals surface area contributed by atoms with Crippen LogP contribution in [0.15, 0.2) is 18.2 Å². The van der Waals surface area contributed by atoms with Gasteiger partial charge in [0.1, 0.15) is 0 Å². The van der Waals surface area contributed by atoms with Crippen LogP contribution in [-0.4, -0.2) is 6.54 Å². The lowest BCUT2D eigenvalue weighted by molar-refractivity contribution is 0.477. The fourth-order valence-corrected chi connectivity index (χ4v) is 3.23. The van der Waals surface area contributed by atoms with Crippen molar-refractivity contribution < 1.29 is 0 Å². The summed E-state index contributed by atoms with van der Waals surface area (Å²) in [7, 11) is 0. The largest absolute Gasteiger partial charge is 0.310 e. The second kappa shape index (κ2) is 10.5. The van der Waals surface area contributed by atoms with Crippen LogP contribution in [0.3, 0.4) is 0 Å². The van der Waals surface area contributed by atoms with Gasteiger partial charge in [0.2, 0.25) is 0 Å². The molecule has 0 aliphatic heterocycles. The van der Waals surface area contributed by atoms with Gasteiger partial charge in [-0.25, -0.2) is 0 Å². The summed E-state index contributed by atoms with van der Waals surface area (Å²) in [6.07, 6.45) is 8.97. The average molecular weight is 316 g/mol. The van der Waals surface area contributed by atoms with Crippen molar-refractivity contribution in [2.24, 2.45) is 0 Å². The maximum absolute atomic E-state index is 6.32. The Morgan fingerprint density at radius 1 is 0.950 bits per heavy atom. The molecule has 3 heteroatoms. The van der Waals surface area contributed by atoms with E-state index in [4.69, 9.17) is 23.2 Å². The first-order chi connectivity index (χ1) is 9.70. The SMILES string of the molecule is CCCCCCCCC(NCC)c1c(Cl)cccc1Cl. The lowest BCUT2D eigenvalue weighted by atomic mass is 9.99. The van der Waals surface area contributed by atoms with Crippen LogP contribution >= 0.6 is 23.2 Å². The van der Waals surface area contributed by atoms with Crippen molar-refractivity contribution in [1.82, 2.24) is 5.32 Å². The predicted molar refractivity (Wildman–Crippen MR) is 90.9 cm³/mol. The second-order valence-electron chi connectivity index (χ2n) is 5.30. The van der Waals surface area contributed by atoms with Gasteiger partial charge in [0.25, 0.3) is 0 Å². The van der Waals surface area contributed by atoms with Crippen molar-refractivity contribution in [3.8, 4) is 0 Å². The van der Waals surface area contributed by atoms with Gasteiger partial charge in [0.15, 0.2) is 0 Å². The van der Waals surface area contributed by atoms with E-state index in [1.165, 1.54) is 38.5 Å². The molecule has 0 heterocycles. The number of nitrogens with one attached hydrogen (secondary N) is 1. The molecule has 1 N–H and O–H groups in total. The van der Waals surface area contributed by atoms with Gasteiger partial charge in [-0.1, -0.05) is 81.6 Å². The molecule has 0 bridgehead atoms. The summed E-state index contributed by atoms with van der Waals surface area (Å²) in [5.41, 5.74) is 1.06. The number of unbranched alkanes of at least 4 members (excludes halogenated alkanes) is 5. The Hall–Kier alpha value is -0.240. The van der Waals surface area contributed by atoms with E-state index in [0.717, 1.165) is 28.6 Å². The van der Waals surface area contributed by atoms with E-state index in [9.17, 15) is 0 Å². The molecule has 20 heavy (non-hydrogen) atoms. The summed E-state index contributed by atoms with van der Waals surface area (Å²) in [6, 6.07) is 6.03. The first-order valence-electron chi connectivity index (χ1n) is 7.88. The minimum atomic E-state index is 0.271. The fourth-order valence-electron chi connectivity index (χ4n) is 2.57. The van der Waals surface area contributed by atoms with Gasteiger partial charge in [0.05, 0.1) is 0 Å². The molecule has 114 valence electrons. The third kappa shape index (κ3) is 6.03. The van der Waals surface area contributed by atoms with Gasteiger partial charge in [-0.2, -0.15) is 0 Å². The van der Waals surface area contributed by atoms with Gasteiger partial charge in [-0.3, -0.25) is 0 Å². The van der Waals surface area contributed by atoms with Gasteiger partial charge in [0, 0.05) is 21.7 Å². The Bertz CT molecular complexity index is 359. The number of rotatable bonds is 10. The van der Waals surface area contributed by atoms with E-state index in [1.54, 1.807) is 0 Å². The number of halogens is 2. The van der Waals surface area contributed by atoms with E-state index in [-0.39, 0.29) is 6.04 Å². The van der Waals surface area contributed by atoms with Crippen molar-refractivity contribution in [3.05, 3.63) is 33.8 Å². The van der Waals surface area contributed by atoms with Crippen LogP contribution in [0.2, 0.25) is 10.0 Å². The third-order valence-electron chi connectivity index (χ3n) is 3.65. The Labute approximate surface area is 134 Å². The standard InChI is InChI=1S/C17H27Cl2N/c1-3-5-6-7-8-9-13-16(20-4-2)17-14(18)11-10-12-15(17)19/h10-12,16,20H,3-9,13H2,1-2H3. The van der Waals surface area contributed by atoms with Crippen molar-refractivity contribution in [2.75, 3.05) is 6.54 Å². The number of hydrogen-bond donors (Lipinski definition) is 1. The highest BCUT2D eigenvalue weighted by atomic mass is 35.5. The summed E-state index contributed by atoms with van der Waals surface area (Å²) in [4.78, 5) is 0. The molecule has 0 saturated carbocycles. The average Bonchev–Trinajstić information content (AvgIpc) is 2.42. The minimum Gasteiger partial charge on any atom is -0.310 e. The Morgan fingerprint density at radius 2 is 1.55 bits per heavy atom. The van der Waals surface area contributed by atoms with Crippen LogP contribution in [-0.2, 0) is 0 Å². The van der Waals surface area contributed by atoms with Crippen molar-refractivity contribution in [2.45, 2.75) is 64.8 Å². The van der Waals surface area contributed by atoms with E-state index < -0.39 is 0 Å². The molecule has 0 aromatic heterocycles. The number of benzene rings is 1. The molecule has 0 spiro atoms. The van der Waals surface area contributed by atoms with Crippen LogP contribution in [0.1, 0.15) is 70.4 Å². The van der Waals surface area contributed by atoms with E-state index in [2.05, 4.69) is 19.2 Å². The molecule has 0 saturated heterocycles. The molecule has 1 nitrogen and oxygen atoms in total. The van der Waals surface area contributed by atoms with E-state index in [0.29, 0.717) is 0 Å². The molecular weight excluding hydrogens is 289 g/mol. The lowest BCUT2D eigenvalue weighted by Crippen LogP contribution is -2.21. The summed E-state index contributed by atoms with van der Waals surface area (Å²) < 4.78 is 0. The second-order valence-corrected chi connectivity index (χ2v) is 6.12. The molecule has 1 rings (SSSR count). The summed E-state index contributed by atoms with van der Waals surface area (Å²) in [5.74, 6) is 0. The third-order valence-corrected chi connectivity index (χ3v) is 4.30. The molecule has 1 unspecified atom stereocenters. The van der Waals surface area contributed by atoms with Crippen LogP contribution < -0.4 is 5.32 Å². The van der Waals surface area contributed by atoms with Gasteiger partial charge >= 0.3 is 0 Å². The molecule has 0 fully saturated rings. The molecule has 0 radical (unpaired) electrons. The highest BCUT2D eigenvalue weighted by molar-refractivity contribution is 6.36. The Balaban J connectivity index is 2.52. The Kier molecular flexibility index (Phi) is 9.33. The zero-order valence-corrected chi connectivity index (χ0v) is 14.2. The molecule has 0 aliphatic rings. The molecule has 0 amide bonds. The zero-order valence-electron chi connectivity index (χ0n) is 12.7. The van der Waals surface area contributed by atoms with Gasteiger partial charge in [-0.15, -0.1) is 0 Å². The molecular formula is C17H27Cl2N. The predicted octanol–water partition coefficient (Wildman–Crippen LogP) is 6.39. The van der Waals surface area contributed by atoms with Crippen LogP contribution in [0.4, 0.5) is 0 Å². The first-order valence-corrected chi connectivity index (χ1v) is 8.63. The topological polar surface area (TPSA) is 12.0 Å². The van der Waals surface area contributed by atoms with Crippen molar-refractivity contribution in [1.29, 1.82) is 0 Å². The van der Waals surface area contributed by atoms with E-state index >= 15 is 0 Å². The summed E-state index contributed by atoms with van der Waals surface area (Å²) >= 11 is 12.6. The molecule has 0 aliphatic carbocycles. The normalized spacial score (nSPS) is 12.6. The maximum Gasteiger partial charge on any atom is 0.0468 e. The van der Waals surface area contributed by atoms with Crippen molar-refractivity contribution in [3.63, 3.8) is 0 Å². The van der Waals surface area contributed by atoms with Gasteiger partial charge < -0.3 is 5.32 Å². The highest BCUT2D eigenvalue weighted by Gasteiger charge is 2.16. The number of hydrogen-bond acceptors (Lipinski definition) is 1. The molecule has 1 atom stereocenters. The van der Waals surface area contributed by atoms with Gasteiger partial charge in [-0.05, 0) is 25.1 Å². The minimum absolute atomic E-state index is 0.271. The summed E-state index contributed by atoms with van der Waals surface area (Å²) in [5, 5.41) is 5.06. The quantitative estimate of drug-likeness (QED) is 0.493. The van der Waals surface area contributed by atoms with E-state index in [1.807, 2.05) is 18.2 Å². The summed E-state index contributed by atoms with van der Waals surface area (Å²) in [6.45, 7) is 5.31. The van der Waals surface area contributed by atoms with Crippen LogP contribution in [0, 0.1) is 0 Å². The molecule has 1 aromatic carbocycles. The maximum atomic E-state index is 6.32. The lowest BCUT2D eigenvalue weighted by Gasteiger charge is -2.21. The smallest absolute Gasteiger partial charge is 0.0468 e. The van der Waals surface area contributed by atoms with Crippen LogP contribution in [0.5, 0.6) is 0 Å². The zero-order chi connectivity index (χ0) is 14.8. The fraction of sp³-hybridized carbons (Fsp3) is 0.647. The van der Waals surface area contributed by atoms with Crippen molar-refractivity contribution >= 4 is 23.2 Å².